The first kappa shape index (κ1) is 26.2. The maximum atomic E-state index is 13.4. The number of amides is 2. The summed E-state index contributed by atoms with van der Waals surface area (Å²) in [6.45, 7) is 6.11. The highest BCUT2D eigenvalue weighted by molar-refractivity contribution is 5.85. The van der Waals surface area contributed by atoms with Gasteiger partial charge >= 0.3 is 0 Å². The van der Waals surface area contributed by atoms with Crippen molar-refractivity contribution < 1.29 is 14.3 Å². The molecule has 6 nitrogen and oxygen atoms in total. The number of carbonyl (C=O) groups excluding carboxylic acids is 2. The van der Waals surface area contributed by atoms with Crippen LogP contribution in [0.1, 0.15) is 37.1 Å². The minimum Gasteiger partial charge on any atom is -0.383 e. The van der Waals surface area contributed by atoms with Crippen molar-refractivity contribution in [3.8, 4) is 0 Å². The Labute approximate surface area is 209 Å². The summed E-state index contributed by atoms with van der Waals surface area (Å²) in [5.74, 6) is -0.0907. The highest BCUT2D eigenvalue weighted by Crippen LogP contribution is 2.14. The third-order valence-corrected chi connectivity index (χ3v) is 6.11. The van der Waals surface area contributed by atoms with Gasteiger partial charge < -0.3 is 19.1 Å². The molecule has 0 aliphatic heterocycles. The number of benzene rings is 2. The lowest BCUT2D eigenvalue weighted by atomic mass is 10.1. The predicted octanol–water partition coefficient (Wildman–Crippen LogP) is 4.38. The molecule has 0 aliphatic carbocycles. The molecule has 0 fully saturated rings. The van der Waals surface area contributed by atoms with Crippen molar-refractivity contribution in [2.45, 2.75) is 45.8 Å². The third kappa shape index (κ3) is 8.11. The molecule has 0 radical (unpaired) electrons. The van der Waals surface area contributed by atoms with E-state index in [2.05, 4.69) is 22.8 Å². The van der Waals surface area contributed by atoms with E-state index in [0.717, 1.165) is 17.8 Å². The molecular formula is C29H37N3O3. The van der Waals surface area contributed by atoms with Crippen molar-refractivity contribution in [3.05, 3.63) is 95.8 Å². The fraction of sp³-hybridized carbons (Fsp3) is 0.379. The zero-order valence-electron chi connectivity index (χ0n) is 21.1. The molecule has 1 heterocycles. The van der Waals surface area contributed by atoms with Gasteiger partial charge in [-0.3, -0.25) is 9.59 Å². The van der Waals surface area contributed by atoms with Crippen LogP contribution in [0.2, 0.25) is 0 Å². The molecule has 1 aromatic heterocycles. The van der Waals surface area contributed by atoms with Crippen LogP contribution in [0.15, 0.2) is 79.0 Å². The molecule has 35 heavy (non-hydrogen) atoms. The topological polar surface area (TPSA) is 54.8 Å². The number of hydrogen-bond donors (Lipinski definition) is 0. The molecular weight excluding hydrogens is 438 g/mol. The lowest BCUT2D eigenvalue weighted by molar-refractivity contribution is -0.142. The minimum absolute atomic E-state index is 0.00581. The molecule has 0 N–H and O–H groups in total. The molecule has 0 atom stereocenters. The quantitative estimate of drug-likeness (QED) is 0.369. The van der Waals surface area contributed by atoms with Crippen molar-refractivity contribution in [2.24, 2.45) is 0 Å². The summed E-state index contributed by atoms with van der Waals surface area (Å²) in [5, 5.41) is 0. The SMILES string of the molecule is COCCN(CC(=O)N(Cc1cccn1Cc1ccccc1)C(C)C)C(=O)CCc1ccccc1. The van der Waals surface area contributed by atoms with Gasteiger partial charge in [0.2, 0.25) is 11.8 Å². The first-order chi connectivity index (χ1) is 17.0. The fourth-order valence-corrected chi connectivity index (χ4v) is 4.06. The maximum Gasteiger partial charge on any atom is 0.242 e. The number of aromatic nitrogens is 1. The van der Waals surface area contributed by atoms with Crippen molar-refractivity contribution in [3.63, 3.8) is 0 Å². The second-order valence-electron chi connectivity index (χ2n) is 9.02. The Morgan fingerprint density at radius 2 is 1.54 bits per heavy atom. The molecule has 2 aromatic carbocycles. The van der Waals surface area contributed by atoms with E-state index in [0.29, 0.717) is 32.5 Å². The van der Waals surface area contributed by atoms with E-state index in [9.17, 15) is 9.59 Å². The standard InChI is InChI=1S/C29H37N3O3/c1-24(2)32(22-27-15-10-18-30(27)21-26-13-8-5-9-14-26)29(34)23-31(19-20-35-3)28(33)17-16-25-11-6-4-7-12-25/h4-15,18,24H,16-17,19-23H2,1-3H3. The summed E-state index contributed by atoms with van der Waals surface area (Å²) >= 11 is 0. The van der Waals surface area contributed by atoms with Crippen LogP contribution in [0.25, 0.3) is 0 Å². The van der Waals surface area contributed by atoms with E-state index >= 15 is 0 Å². The molecule has 0 saturated carbocycles. The van der Waals surface area contributed by atoms with Crippen molar-refractivity contribution in [2.75, 3.05) is 26.8 Å². The second kappa shape index (κ2) is 13.5. The van der Waals surface area contributed by atoms with Crippen molar-refractivity contribution >= 4 is 11.8 Å². The Hall–Kier alpha value is -3.38. The van der Waals surface area contributed by atoms with Crippen LogP contribution in [0, 0.1) is 0 Å². The van der Waals surface area contributed by atoms with Gasteiger partial charge in [0.25, 0.3) is 0 Å². The number of ether oxygens (including phenoxy) is 1. The number of carbonyl (C=O) groups is 2. The molecule has 0 bridgehead atoms. The van der Waals surface area contributed by atoms with Gasteiger partial charge in [-0.1, -0.05) is 60.7 Å². The first-order valence-electron chi connectivity index (χ1n) is 12.3. The van der Waals surface area contributed by atoms with Gasteiger partial charge in [-0.15, -0.1) is 0 Å². The highest BCUT2D eigenvalue weighted by Gasteiger charge is 2.24. The van der Waals surface area contributed by atoms with E-state index in [-0.39, 0.29) is 24.4 Å². The second-order valence-corrected chi connectivity index (χ2v) is 9.02. The van der Waals surface area contributed by atoms with Crippen molar-refractivity contribution in [1.82, 2.24) is 14.4 Å². The van der Waals surface area contributed by atoms with Gasteiger partial charge in [0.1, 0.15) is 0 Å². The molecule has 0 aliphatic rings. The molecule has 186 valence electrons. The maximum absolute atomic E-state index is 13.4. The lowest BCUT2D eigenvalue weighted by Crippen LogP contribution is -2.46. The van der Waals surface area contributed by atoms with E-state index in [4.69, 9.17) is 4.74 Å². The molecule has 2 amide bonds. The summed E-state index contributed by atoms with van der Waals surface area (Å²) < 4.78 is 7.38. The van der Waals surface area contributed by atoms with Crippen LogP contribution in [0.3, 0.4) is 0 Å². The number of aryl methyl sites for hydroxylation is 1. The molecule has 0 saturated heterocycles. The van der Waals surface area contributed by atoms with Crippen LogP contribution in [0.4, 0.5) is 0 Å². The van der Waals surface area contributed by atoms with E-state index in [1.165, 1.54) is 5.56 Å². The summed E-state index contributed by atoms with van der Waals surface area (Å²) in [7, 11) is 1.61. The zero-order chi connectivity index (χ0) is 25.0. The Morgan fingerprint density at radius 1 is 0.886 bits per heavy atom. The predicted molar refractivity (Wildman–Crippen MR) is 139 cm³/mol. The smallest absolute Gasteiger partial charge is 0.242 e. The molecule has 3 rings (SSSR count). The Morgan fingerprint density at radius 3 is 2.17 bits per heavy atom. The molecule has 0 spiro atoms. The molecule has 0 unspecified atom stereocenters. The largest absolute Gasteiger partial charge is 0.383 e. The summed E-state index contributed by atoms with van der Waals surface area (Å²) in [6.07, 6.45) is 3.06. The van der Waals surface area contributed by atoms with Crippen LogP contribution >= 0.6 is 0 Å². The van der Waals surface area contributed by atoms with Gasteiger partial charge in [-0.05, 0) is 43.5 Å². The van der Waals surface area contributed by atoms with Gasteiger partial charge in [-0.2, -0.15) is 0 Å². The number of rotatable bonds is 13. The fourth-order valence-electron chi connectivity index (χ4n) is 4.06. The van der Waals surface area contributed by atoms with Gasteiger partial charge in [0, 0.05) is 44.6 Å². The van der Waals surface area contributed by atoms with Crippen LogP contribution in [-0.2, 0) is 33.8 Å². The Kier molecular flexibility index (Phi) is 10.1. The number of methoxy groups -OCH3 is 1. The average molecular weight is 476 g/mol. The van der Waals surface area contributed by atoms with Gasteiger partial charge in [-0.25, -0.2) is 0 Å². The lowest BCUT2D eigenvalue weighted by Gasteiger charge is -2.31. The monoisotopic (exact) mass is 475 g/mol. The normalized spacial score (nSPS) is 11.0. The number of hydrogen-bond acceptors (Lipinski definition) is 3. The van der Waals surface area contributed by atoms with E-state index in [1.54, 1.807) is 12.0 Å². The zero-order valence-corrected chi connectivity index (χ0v) is 21.1. The Bertz CT molecular complexity index is 1050. The minimum atomic E-state index is -0.0587. The highest BCUT2D eigenvalue weighted by atomic mass is 16.5. The summed E-state index contributed by atoms with van der Waals surface area (Å²) in [6, 6.07) is 24.3. The van der Waals surface area contributed by atoms with Crippen LogP contribution in [-0.4, -0.2) is 59.0 Å². The summed E-state index contributed by atoms with van der Waals surface area (Å²) in [4.78, 5) is 29.9. The van der Waals surface area contributed by atoms with Gasteiger partial charge in [0.15, 0.2) is 0 Å². The van der Waals surface area contributed by atoms with Crippen molar-refractivity contribution in [1.29, 1.82) is 0 Å². The third-order valence-electron chi connectivity index (χ3n) is 6.11. The average Bonchev–Trinajstić information content (AvgIpc) is 3.31. The van der Waals surface area contributed by atoms with E-state index < -0.39 is 0 Å². The van der Waals surface area contributed by atoms with Gasteiger partial charge in [0.05, 0.1) is 19.7 Å². The van der Waals surface area contributed by atoms with Crippen LogP contribution in [0.5, 0.6) is 0 Å². The first-order valence-corrected chi connectivity index (χ1v) is 12.3. The number of nitrogens with zero attached hydrogens (tertiary/aromatic N) is 3. The summed E-state index contributed by atoms with van der Waals surface area (Å²) in [5.41, 5.74) is 3.39. The molecule has 6 heteroatoms. The van der Waals surface area contributed by atoms with Crippen LogP contribution < -0.4 is 0 Å². The van der Waals surface area contributed by atoms with E-state index in [1.807, 2.05) is 79.5 Å². The molecule has 3 aromatic rings. The Balaban J connectivity index is 1.66.